The third-order valence-electron chi connectivity index (χ3n) is 7.58. The van der Waals surface area contributed by atoms with Crippen LogP contribution >= 0.6 is 0 Å². The Morgan fingerprint density at radius 2 is 1.76 bits per heavy atom. The summed E-state index contributed by atoms with van der Waals surface area (Å²) in [5, 5.41) is 6.19. The molecular weight excluding hydrogens is 468 g/mol. The minimum Gasteiger partial charge on any atom is -0.374 e. The lowest BCUT2D eigenvalue weighted by molar-refractivity contribution is -0.145. The minimum absolute atomic E-state index is 0.0212. The van der Waals surface area contributed by atoms with Gasteiger partial charge in [0.15, 0.2) is 5.78 Å². The normalized spacial score (nSPS) is 24.4. The van der Waals surface area contributed by atoms with Crippen LogP contribution in [0.1, 0.15) is 31.4 Å². The molecule has 37 heavy (non-hydrogen) atoms. The van der Waals surface area contributed by atoms with Crippen molar-refractivity contribution in [3.63, 3.8) is 0 Å². The van der Waals surface area contributed by atoms with Gasteiger partial charge < -0.3 is 26.0 Å². The molecule has 8 heteroatoms. The lowest BCUT2D eigenvalue weighted by atomic mass is 9.63. The Labute approximate surface area is 218 Å². The van der Waals surface area contributed by atoms with E-state index in [2.05, 4.69) is 10.6 Å². The monoisotopic (exact) mass is 506 g/mol. The Bertz CT molecular complexity index is 1100. The molecule has 2 unspecified atom stereocenters. The van der Waals surface area contributed by atoms with Crippen LogP contribution in [0.15, 0.2) is 60.7 Å². The van der Waals surface area contributed by atoms with E-state index in [4.69, 9.17) is 10.5 Å². The zero-order chi connectivity index (χ0) is 26.6. The van der Waals surface area contributed by atoms with E-state index in [0.717, 1.165) is 17.5 Å². The molecule has 2 fully saturated rings. The Balaban J connectivity index is 1.63. The summed E-state index contributed by atoms with van der Waals surface area (Å²) in [4.78, 5) is 42.6. The molecule has 0 radical (unpaired) electrons. The SMILES string of the molecule is CN1C[C@@H]2CCNC(C(=O)C(COCc3ccccc3)NC(=O)C(C)(C)N)[C@@]2(Cc2ccccc2)C1=O. The van der Waals surface area contributed by atoms with E-state index in [-0.39, 0.29) is 24.2 Å². The number of rotatable bonds is 10. The lowest BCUT2D eigenvalue weighted by Crippen LogP contribution is -2.66. The number of nitrogens with two attached hydrogens (primary N) is 1. The number of piperidine rings is 1. The first-order chi connectivity index (χ1) is 17.6. The number of nitrogens with one attached hydrogen (secondary N) is 2. The van der Waals surface area contributed by atoms with E-state index in [1.165, 1.54) is 0 Å². The number of likely N-dealkylation sites (tertiary alicyclic amines) is 1. The maximum Gasteiger partial charge on any atom is 0.240 e. The van der Waals surface area contributed by atoms with Crippen LogP contribution in [0.25, 0.3) is 0 Å². The van der Waals surface area contributed by atoms with Gasteiger partial charge in [0.05, 0.1) is 30.2 Å². The summed E-state index contributed by atoms with van der Waals surface area (Å²) in [5.74, 6) is -0.724. The summed E-state index contributed by atoms with van der Waals surface area (Å²) in [6.45, 7) is 4.68. The van der Waals surface area contributed by atoms with Crippen LogP contribution in [0.5, 0.6) is 0 Å². The Morgan fingerprint density at radius 3 is 2.38 bits per heavy atom. The van der Waals surface area contributed by atoms with Crippen LogP contribution in [0.4, 0.5) is 0 Å². The fourth-order valence-electron chi connectivity index (χ4n) is 5.62. The molecular formula is C29H38N4O4. The van der Waals surface area contributed by atoms with Crippen molar-refractivity contribution < 1.29 is 19.1 Å². The number of ketones is 1. The zero-order valence-electron chi connectivity index (χ0n) is 21.9. The van der Waals surface area contributed by atoms with Gasteiger partial charge in [-0.25, -0.2) is 0 Å². The topological polar surface area (TPSA) is 114 Å². The summed E-state index contributed by atoms with van der Waals surface area (Å²) in [6, 6.07) is 17.7. The number of hydrogen-bond donors (Lipinski definition) is 3. The average Bonchev–Trinajstić information content (AvgIpc) is 3.13. The molecule has 4 N–H and O–H groups in total. The maximum atomic E-state index is 14.2. The molecule has 0 aromatic heterocycles. The highest BCUT2D eigenvalue weighted by Gasteiger charge is 2.61. The number of amides is 2. The predicted octanol–water partition coefficient (Wildman–Crippen LogP) is 1.67. The second-order valence-electron chi connectivity index (χ2n) is 10.9. The van der Waals surface area contributed by atoms with E-state index >= 15 is 0 Å². The number of Topliss-reactive ketones (excluding diaryl/α,β-unsaturated/α-hetero) is 1. The third kappa shape index (κ3) is 5.76. The van der Waals surface area contributed by atoms with Crippen molar-refractivity contribution >= 4 is 17.6 Å². The number of carbonyl (C=O) groups is 3. The molecule has 2 aromatic carbocycles. The largest absolute Gasteiger partial charge is 0.374 e. The summed E-state index contributed by atoms with van der Waals surface area (Å²) in [5.41, 5.74) is 5.89. The van der Waals surface area contributed by atoms with Crippen LogP contribution in [-0.2, 0) is 32.1 Å². The predicted molar refractivity (Wildman–Crippen MR) is 141 cm³/mol. The van der Waals surface area contributed by atoms with Gasteiger partial charge in [-0.15, -0.1) is 0 Å². The molecule has 2 aromatic rings. The quantitative estimate of drug-likeness (QED) is 0.452. The molecule has 2 amide bonds. The number of nitrogens with zero attached hydrogens (tertiary/aromatic N) is 1. The van der Waals surface area contributed by atoms with E-state index in [9.17, 15) is 14.4 Å². The van der Waals surface area contributed by atoms with Crippen molar-refractivity contribution in [2.45, 2.75) is 50.9 Å². The zero-order valence-corrected chi connectivity index (χ0v) is 21.9. The number of hydrogen-bond acceptors (Lipinski definition) is 6. The van der Waals surface area contributed by atoms with E-state index in [0.29, 0.717) is 26.1 Å². The third-order valence-corrected chi connectivity index (χ3v) is 7.58. The second-order valence-corrected chi connectivity index (χ2v) is 10.9. The van der Waals surface area contributed by atoms with Gasteiger partial charge in [-0.1, -0.05) is 60.7 Å². The Morgan fingerprint density at radius 1 is 1.14 bits per heavy atom. The van der Waals surface area contributed by atoms with Crippen molar-refractivity contribution in [1.29, 1.82) is 0 Å². The summed E-state index contributed by atoms with van der Waals surface area (Å²) in [7, 11) is 1.80. The molecule has 4 rings (SSSR count). The summed E-state index contributed by atoms with van der Waals surface area (Å²) >= 11 is 0. The van der Waals surface area contributed by atoms with Gasteiger partial charge in [0.25, 0.3) is 0 Å². The molecule has 0 aliphatic carbocycles. The van der Waals surface area contributed by atoms with Crippen LogP contribution in [0.3, 0.4) is 0 Å². The summed E-state index contributed by atoms with van der Waals surface area (Å²) < 4.78 is 5.92. The maximum absolute atomic E-state index is 14.2. The molecule has 2 aliphatic heterocycles. The highest BCUT2D eigenvalue weighted by molar-refractivity contribution is 6.00. The summed E-state index contributed by atoms with van der Waals surface area (Å²) in [6.07, 6.45) is 1.24. The van der Waals surface area contributed by atoms with Gasteiger partial charge in [-0.2, -0.15) is 0 Å². The van der Waals surface area contributed by atoms with Gasteiger partial charge >= 0.3 is 0 Å². The smallest absolute Gasteiger partial charge is 0.240 e. The minimum atomic E-state index is -1.17. The van der Waals surface area contributed by atoms with Gasteiger partial charge in [-0.05, 0) is 50.3 Å². The number of ether oxygens (including phenoxy) is 1. The van der Waals surface area contributed by atoms with Gasteiger partial charge in [0.2, 0.25) is 11.8 Å². The van der Waals surface area contributed by atoms with Gasteiger partial charge in [0, 0.05) is 13.6 Å². The molecule has 0 spiro atoms. The van der Waals surface area contributed by atoms with E-state index < -0.39 is 28.9 Å². The fraction of sp³-hybridized carbons (Fsp3) is 0.483. The molecule has 198 valence electrons. The number of carbonyl (C=O) groups excluding carboxylic acids is 3. The first-order valence-corrected chi connectivity index (χ1v) is 12.9. The van der Waals surface area contributed by atoms with E-state index in [1.54, 1.807) is 25.8 Å². The molecule has 4 atom stereocenters. The molecule has 2 aliphatic rings. The average molecular weight is 507 g/mol. The molecule has 8 nitrogen and oxygen atoms in total. The van der Waals surface area contributed by atoms with Crippen LogP contribution in [0, 0.1) is 11.3 Å². The first kappa shape index (κ1) is 27.0. The molecule has 0 bridgehead atoms. The lowest BCUT2D eigenvalue weighted by Gasteiger charge is -2.44. The van der Waals surface area contributed by atoms with Crippen LogP contribution in [-0.4, -0.2) is 66.9 Å². The van der Waals surface area contributed by atoms with Crippen molar-refractivity contribution in [2.75, 3.05) is 26.7 Å². The first-order valence-electron chi connectivity index (χ1n) is 12.9. The van der Waals surface area contributed by atoms with E-state index in [1.807, 2.05) is 60.7 Å². The van der Waals surface area contributed by atoms with Crippen molar-refractivity contribution in [2.24, 2.45) is 17.1 Å². The molecule has 2 saturated heterocycles. The highest BCUT2D eigenvalue weighted by atomic mass is 16.5. The van der Waals surface area contributed by atoms with Gasteiger partial charge in [-0.3, -0.25) is 14.4 Å². The van der Waals surface area contributed by atoms with Crippen molar-refractivity contribution in [1.82, 2.24) is 15.5 Å². The van der Waals surface area contributed by atoms with Crippen molar-refractivity contribution in [3.8, 4) is 0 Å². The van der Waals surface area contributed by atoms with Crippen LogP contribution in [0.2, 0.25) is 0 Å². The molecule has 2 heterocycles. The Kier molecular flexibility index (Phi) is 8.11. The van der Waals surface area contributed by atoms with Crippen molar-refractivity contribution in [3.05, 3.63) is 71.8 Å². The van der Waals surface area contributed by atoms with Gasteiger partial charge in [0.1, 0.15) is 6.04 Å². The van der Waals surface area contributed by atoms with Crippen LogP contribution < -0.4 is 16.4 Å². The second kappa shape index (κ2) is 11.1. The highest BCUT2D eigenvalue weighted by Crippen LogP contribution is 2.47. The Hall–Kier alpha value is -3.07. The fourth-order valence-corrected chi connectivity index (χ4v) is 5.62. The standard InChI is InChI=1S/C29H38N4O4/c1-28(2,30)26(35)32-23(19-37-18-21-12-8-5-9-13-21)24(34)25-29(16-20-10-6-4-7-11-20)22(14-15-31-25)17-33(3)27(29)36/h4-13,22-23,25,31H,14-19,30H2,1-3H3,(H,32,35)/t22-,23?,25?,29-/m0/s1. The molecule has 0 saturated carbocycles. The number of fused-ring (bicyclic) bond motifs is 1. The number of benzene rings is 2.